The van der Waals surface area contributed by atoms with Crippen LogP contribution < -0.4 is 10.6 Å². The number of benzene rings is 2. The number of rotatable bonds is 7. The van der Waals surface area contributed by atoms with E-state index >= 15 is 0 Å². The topological polar surface area (TPSA) is 86.9 Å². The van der Waals surface area contributed by atoms with Crippen LogP contribution in [0.5, 0.6) is 0 Å². The summed E-state index contributed by atoms with van der Waals surface area (Å²) >= 11 is -0.110. The van der Waals surface area contributed by atoms with Crippen molar-refractivity contribution < 1.29 is 13.6 Å². The number of fused-ring (bicyclic) bond motifs is 2. The van der Waals surface area contributed by atoms with Crippen LogP contribution in [0.15, 0.2) is 52.3 Å². The predicted molar refractivity (Wildman–Crippen MR) is 121 cm³/mol. The third-order valence-corrected chi connectivity index (χ3v) is 7.54. The van der Waals surface area contributed by atoms with Crippen molar-refractivity contribution in [3.8, 4) is 0 Å². The normalized spacial score (nSPS) is 18.0. The Morgan fingerprint density at radius 2 is 1.83 bits per heavy atom. The van der Waals surface area contributed by atoms with Gasteiger partial charge in [-0.05, 0) is 68.7 Å². The Hall–Kier alpha value is -1.87. The van der Waals surface area contributed by atoms with Crippen molar-refractivity contribution in [2.24, 2.45) is 11.7 Å². The number of hydrogen-bond acceptors (Lipinski definition) is 5. The molecule has 4 rings (SSSR count). The standard InChI is InChI=1S/C22H27N3O3S2/c23-22(26)17-8-12-24(13-9-17)10-3-11-25-18-4-1-2-5-20(18)29-21-7-6-16(14-19(21)25)15-30(27)28/h1-2,4-7,14,17H,3,8-13,15H2,(H2,23,26)(H,27,28). The summed E-state index contributed by atoms with van der Waals surface area (Å²) in [5.74, 6) is -0.00897. The molecule has 0 spiro atoms. The van der Waals surface area contributed by atoms with Crippen LogP contribution in [0.2, 0.25) is 0 Å². The van der Waals surface area contributed by atoms with E-state index in [2.05, 4.69) is 40.1 Å². The minimum absolute atomic E-state index is 0.0228. The van der Waals surface area contributed by atoms with Crippen molar-refractivity contribution in [2.45, 2.75) is 34.8 Å². The van der Waals surface area contributed by atoms with Gasteiger partial charge in [0, 0.05) is 22.3 Å². The van der Waals surface area contributed by atoms with Gasteiger partial charge in [0.05, 0.1) is 17.1 Å². The van der Waals surface area contributed by atoms with Gasteiger partial charge in [0.15, 0.2) is 11.1 Å². The first-order valence-corrected chi connectivity index (χ1v) is 12.4. The number of carbonyl (C=O) groups is 1. The number of hydrogen-bond donors (Lipinski definition) is 2. The van der Waals surface area contributed by atoms with E-state index in [1.54, 1.807) is 11.8 Å². The minimum Gasteiger partial charge on any atom is -0.369 e. The van der Waals surface area contributed by atoms with Gasteiger partial charge in [-0.1, -0.05) is 30.0 Å². The lowest BCUT2D eigenvalue weighted by Gasteiger charge is -2.35. The fraction of sp³-hybridized carbons (Fsp3) is 0.409. The van der Waals surface area contributed by atoms with Gasteiger partial charge >= 0.3 is 0 Å². The highest BCUT2D eigenvalue weighted by molar-refractivity contribution is 7.99. The number of para-hydroxylation sites is 1. The summed E-state index contributed by atoms with van der Waals surface area (Å²) in [6, 6.07) is 14.4. The quantitative estimate of drug-likeness (QED) is 0.634. The molecular weight excluding hydrogens is 418 g/mol. The van der Waals surface area contributed by atoms with Crippen LogP contribution >= 0.6 is 11.8 Å². The maximum atomic E-state index is 11.4. The summed E-state index contributed by atoms with van der Waals surface area (Å²) in [7, 11) is 0. The molecule has 6 nitrogen and oxygen atoms in total. The lowest BCUT2D eigenvalue weighted by molar-refractivity contribution is -0.123. The van der Waals surface area contributed by atoms with E-state index in [0.717, 1.165) is 56.7 Å². The molecule has 1 saturated heterocycles. The van der Waals surface area contributed by atoms with Gasteiger partial charge in [-0.2, -0.15) is 0 Å². The number of anilines is 2. The van der Waals surface area contributed by atoms with Crippen molar-refractivity contribution in [3.05, 3.63) is 48.0 Å². The lowest BCUT2D eigenvalue weighted by Crippen LogP contribution is -2.39. The van der Waals surface area contributed by atoms with E-state index in [1.807, 2.05) is 12.1 Å². The van der Waals surface area contributed by atoms with Gasteiger partial charge in [-0.15, -0.1) is 0 Å². The monoisotopic (exact) mass is 445 g/mol. The number of carbonyl (C=O) groups excluding carboxylic acids is 1. The summed E-state index contributed by atoms with van der Waals surface area (Å²) in [4.78, 5) is 18.5. The molecule has 0 aromatic heterocycles. The van der Waals surface area contributed by atoms with Crippen molar-refractivity contribution in [2.75, 3.05) is 31.1 Å². The third-order valence-electron chi connectivity index (χ3n) is 5.83. The molecule has 3 N–H and O–H groups in total. The largest absolute Gasteiger partial charge is 0.369 e. The Morgan fingerprint density at radius 3 is 2.57 bits per heavy atom. The fourth-order valence-electron chi connectivity index (χ4n) is 4.24. The zero-order valence-corrected chi connectivity index (χ0v) is 18.5. The second-order valence-electron chi connectivity index (χ2n) is 7.86. The first-order chi connectivity index (χ1) is 14.5. The zero-order chi connectivity index (χ0) is 21.1. The second-order valence-corrected chi connectivity index (χ2v) is 9.88. The summed E-state index contributed by atoms with van der Waals surface area (Å²) < 4.78 is 20.6. The van der Waals surface area contributed by atoms with Gasteiger partial charge in [0.2, 0.25) is 5.91 Å². The van der Waals surface area contributed by atoms with E-state index in [4.69, 9.17) is 5.73 Å². The van der Waals surface area contributed by atoms with Crippen LogP contribution in [0.3, 0.4) is 0 Å². The zero-order valence-electron chi connectivity index (χ0n) is 16.8. The predicted octanol–water partition coefficient (Wildman–Crippen LogP) is 3.60. The van der Waals surface area contributed by atoms with E-state index in [0.29, 0.717) is 0 Å². The molecule has 30 heavy (non-hydrogen) atoms. The van der Waals surface area contributed by atoms with Gasteiger partial charge < -0.3 is 20.1 Å². The molecule has 2 aliphatic rings. The summed E-state index contributed by atoms with van der Waals surface area (Å²) in [6.07, 6.45) is 2.70. The molecule has 1 fully saturated rings. The van der Waals surface area contributed by atoms with Crippen LogP contribution in [0.4, 0.5) is 11.4 Å². The number of nitrogens with zero attached hydrogens (tertiary/aromatic N) is 2. The molecule has 160 valence electrons. The molecule has 2 aliphatic heterocycles. The second kappa shape index (κ2) is 9.51. The maximum Gasteiger partial charge on any atom is 0.220 e. The Labute approximate surface area is 184 Å². The van der Waals surface area contributed by atoms with Gasteiger partial charge in [0.25, 0.3) is 0 Å². The van der Waals surface area contributed by atoms with Crippen LogP contribution in [0.1, 0.15) is 24.8 Å². The molecule has 2 aromatic carbocycles. The smallest absolute Gasteiger partial charge is 0.220 e. The fourth-order valence-corrected chi connectivity index (χ4v) is 5.78. The number of piperidine rings is 1. The Bertz CT molecular complexity index is 945. The summed E-state index contributed by atoms with van der Waals surface area (Å²) in [5, 5.41) is 0. The van der Waals surface area contributed by atoms with E-state index in [-0.39, 0.29) is 17.6 Å². The first kappa shape index (κ1) is 21.4. The van der Waals surface area contributed by atoms with Gasteiger partial charge in [-0.25, -0.2) is 4.21 Å². The molecule has 2 aromatic rings. The van der Waals surface area contributed by atoms with Crippen LogP contribution in [0, 0.1) is 5.92 Å². The van der Waals surface area contributed by atoms with Crippen molar-refractivity contribution >= 4 is 40.1 Å². The average molecular weight is 446 g/mol. The highest BCUT2D eigenvalue weighted by atomic mass is 32.2. The lowest BCUT2D eigenvalue weighted by atomic mass is 9.96. The number of likely N-dealkylation sites (tertiary alicyclic amines) is 1. The SMILES string of the molecule is NC(=O)C1CCN(CCCN2c3ccccc3Sc3ccc(CS(=O)O)cc32)CC1. The minimum atomic E-state index is -1.85. The first-order valence-electron chi connectivity index (χ1n) is 10.3. The van der Waals surface area contributed by atoms with Crippen LogP contribution in [0.25, 0.3) is 0 Å². The number of primary amides is 1. The molecule has 0 saturated carbocycles. The van der Waals surface area contributed by atoms with Crippen LogP contribution in [-0.4, -0.2) is 45.7 Å². The van der Waals surface area contributed by atoms with Gasteiger partial charge in [-0.3, -0.25) is 4.79 Å². The van der Waals surface area contributed by atoms with E-state index < -0.39 is 11.1 Å². The van der Waals surface area contributed by atoms with E-state index in [1.165, 1.54) is 15.5 Å². The molecular formula is C22H27N3O3S2. The number of nitrogens with two attached hydrogens (primary N) is 1. The molecule has 1 amide bonds. The summed E-state index contributed by atoms with van der Waals surface area (Å²) in [5.41, 5.74) is 8.60. The van der Waals surface area contributed by atoms with E-state index in [9.17, 15) is 13.6 Å². The highest BCUT2D eigenvalue weighted by Crippen LogP contribution is 2.48. The molecule has 2 heterocycles. The Balaban J connectivity index is 1.47. The van der Waals surface area contributed by atoms with Crippen molar-refractivity contribution in [1.82, 2.24) is 4.90 Å². The van der Waals surface area contributed by atoms with Gasteiger partial charge in [0.1, 0.15) is 0 Å². The molecule has 0 radical (unpaired) electrons. The molecule has 0 aliphatic carbocycles. The Morgan fingerprint density at radius 1 is 1.10 bits per heavy atom. The number of amides is 1. The molecule has 8 heteroatoms. The summed E-state index contributed by atoms with van der Waals surface area (Å²) in [6.45, 7) is 3.69. The Kier molecular flexibility index (Phi) is 6.77. The van der Waals surface area contributed by atoms with Crippen molar-refractivity contribution in [3.63, 3.8) is 0 Å². The van der Waals surface area contributed by atoms with Crippen molar-refractivity contribution in [1.29, 1.82) is 0 Å². The average Bonchev–Trinajstić information content (AvgIpc) is 2.73. The maximum absolute atomic E-state index is 11.4. The third kappa shape index (κ3) is 4.88. The molecule has 1 unspecified atom stereocenters. The molecule has 0 bridgehead atoms. The highest BCUT2D eigenvalue weighted by Gasteiger charge is 2.25. The van der Waals surface area contributed by atoms with Crippen LogP contribution in [-0.2, 0) is 21.6 Å². The molecule has 1 atom stereocenters.